The van der Waals surface area contributed by atoms with Gasteiger partial charge in [-0.05, 0) is 35.9 Å². The number of rotatable bonds is 4. The summed E-state index contributed by atoms with van der Waals surface area (Å²) in [4.78, 5) is 34.6. The molecule has 0 spiro atoms. The molecule has 2 aromatic rings. The molecule has 0 aliphatic heterocycles. The third-order valence-electron chi connectivity index (χ3n) is 2.99. The van der Waals surface area contributed by atoms with Crippen molar-refractivity contribution in [2.45, 2.75) is 13.5 Å². The van der Waals surface area contributed by atoms with Gasteiger partial charge in [-0.1, -0.05) is 18.2 Å². The smallest absolute Gasteiger partial charge is 0.313 e. The minimum absolute atomic E-state index is 0.114. The van der Waals surface area contributed by atoms with Crippen molar-refractivity contribution >= 4 is 29.1 Å². The molecule has 0 atom stereocenters. The van der Waals surface area contributed by atoms with E-state index in [1.165, 1.54) is 25.1 Å². The van der Waals surface area contributed by atoms with Crippen molar-refractivity contribution < 1.29 is 18.8 Å². The molecule has 0 saturated carbocycles. The van der Waals surface area contributed by atoms with Gasteiger partial charge >= 0.3 is 11.8 Å². The van der Waals surface area contributed by atoms with Crippen LogP contribution in [0.5, 0.6) is 0 Å². The Kier molecular flexibility index (Phi) is 5.62. The van der Waals surface area contributed by atoms with Gasteiger partial charge in [-0.15, -0.1) is 0 Å². The van der Waals surface area contributed by atoms with Crippen LogP contribution in [-0.2, 0) is 20.9 Å². The first-order valence-corrected chi connectivity index (χ1v) is 7.15. The number of carbonyl (C=O) groups excluding carboxylic acids is 3. The quantitative estimate of drug-likeness (QED) is 0.750. The molecule has 0 bridgehead atoms. The van der Waals surface area contributed by atoms with Crippen LogP contribution in [0, 0.1) is 5.82 Å². The zero-order valence-corrected chi connectivity index (χ0v) is 12.9. The zero-order chi connectivity index (χ0) is 17.5. The fourth-order valence-corrected chi connectivity index (χ4v) is 1.98. The molecule has 3 amide bonds. The number of amides is 3. The minimum Gasteiger partial charge on any atom is -0.344 e. The predicted octanol–water partition coefficient (Wildman–Crippen LogP) is 2.04. The van der Waals surface area contributed by atoms with Crippen molar-refractivity contribution in [3.63, 3.8) is 0 Å². The van der Waals surface area contributed by atoms with E-state index in [0.29, 0.717) is 11.3 Å². The van der Waals surface area contributed by atoms with Crippen LogP contribution in [0.4, 0.5) is 15.8 Å². The molecule has 2 aromatic carbocycles. The lowest BCUT2D eigenvalue weighted by Gasteiger charge is -2.08. The van der Waals surface area contributed by atoms with E-state index >= 15 is 0 Å². The molecule has 3 N–H and O–H groups in total. The van der Waals surface area contributed by atoms with Crippen LogP contribution in [0.1, 0.15) is 12.5 Å². The Morgan fingerprint density at radius 1 is 0.917 bits per heavy atom. The van der Waals surface area contributed by atoms with E-state index in [9.17, 15) is 18.8 Å². The van der Waals surface area contributed by atoms with Crippen molar-refractivity contribution in [1.29, 1.82) is 0 Å². The molecule has 0 aliphatic carbocycles. The molecule has 2 rings (SSSR count). The van der Waals surface area contributed by atoms with Crippen LogP contribution in [0.25, 0.3) is 0 Å². The number of hydrogen-bond acceptors (Lipinski definition) is 3. The SMILES string of the molecule is CC(=O)Nc1cccc(CNC(=O)C(=O)Nc2cccc(F)c2)c1. The number of anilines is 2. The average molecular weight is 329 g/mol. The normalized spacial score (nSPS) is 9.92. The minimum atomic E-state index is -0.890. The van der Waals surface area contributed by atoms with Crippen LogP contribution in [0.2, 0.25) is 0 Å². The Hall–Kier alpha value is -3.22. The van der Waals surface area contributed by atoms with Crippen molar-refractivity contribution in [3.05, 3.63) is 59.9 Å². The largest absolute Gasteiger partial charge is 0.344 e. The second kappa shape index (κ2) is 7.87. The Morgan fingerprint density at radius 3 is 2.25 bits per heavy atom. The lowest BCUT2D eigenvalue weighted by molar-refractivity contribution is -0.136. The molecule has 0 saturated heterocycles. The molecule has 0 aliphatic rings. The van der Waals surface area contributed by atoms with E-state index in [1.807, 2.05) is 0 Å². The van der Waals surface area contributed by atoms with Crippen molar-refractivity contribution in [1.82, 2.24) is 5.32 Å². The van der Waals surface area contributed by atoms with Crippen LogP contribution in [-0.4, -0.2) is 17.7 Å². The van der Waals surface area contributed by atoms with Gasteiger partial charge in [-0.2, -0.15) is 0 Å². The maximum Gasteiger partial charge on any atom is 0.313 e. The highest BCUT2D eigenvalue weighted by molar-refractivity contribution is 6.39. The van der Waals surface area contributed by atoms with E-state index in [4.69, 9.17) is 0 Å². The Morgan fingerprint density at radius 2 is 1.58 bits per heavy atom. The summed E-state index contributed by atoms with van der Waals surface area (Å²) in [6, 6.07) is 12.1. The van der Waals surface area contributed by atoms with Crippen molar-refractivity contribution in [3.8, 4) is 0 Å². The number of carbonyl (C=O) groups is 3. The maximum atomic E-state index is 13.0. The van der Waals surface area contributed by atoms with E-state index in [0.717, 1.165) is 6.07 Å². The van der Waals surface area contributed by atoms with E-state index in [1.54, 1.807) is 24.3 Å². The molecule has 0 radical (unpaired) electrons. The van der Waals surface area contributed by atoms with Gasteiger partial charge in [-0.3, -0.25) is 14.4 Å². The average Bonchev–Trinajstić information content (AvgIpc) is 2.52. The summed E-state index contributed by atoms with van der Waals surface area (Å²) in [5.41, 5.74) is 1.51. The molecular formula is C17H16FN3O3. The van der Waals surface area contributed by atoms with Crippen LogP contribution >= 0.6 is 0 Å². The first kappa shape index (κ1) is 17.1. The zero-order valence-electron chi connectivity index (χ0n) is 12.9. The molecule has 0 fully saturated rings. The molecule has 0 unspecified atom stereocenters. The molecule has 0 aromatic heterocycles. The summed E-state index contributed by atoms with van der Waals surface area (Å²) in [5, 5.41) is 7.39. The fourth-order valence-electron chi connectivity index (χ4n) is 1.98. The number of hydrogen-bond donors (Lipinski definition) is 3. The monoisotopic (exact) mass is 329 g/mol. The second-order valence-corrected chi connectivity index (χ2v) is 5.03. The highest BCUT2D eigenvalue weighted by Gasteiger charge is 2.13. The maximum absolute atomic E-state index is 13.0. The number of nitrogens with one attached hydrogen (secondary N) is 3. The van der Waals surface area contributed by atoms with Crippen LogP contribution < -0.4 is 16.0 Å². The molecule has 0 heterocycles. The third-order valence-corrected chi connectivity index (χ3v) is 2.99. The van der Waals surface area contributed by atoms with Gasteiger partial charge < -0.3 is 16.0 Å². The summed E-state index contributed by atoms with van der Waals surface area (Å²) in [6.45, 7) is 1.51. The predicted molar refractivity (Wildman–Crippen MR) is 87.6 cm³/mol. The van der Waals surface area contributed by atoms with E-state index < -0.39 is 17.6 Å². The highest BCUT2D eigenvalue weighted by Crippen LogP contribution is 2.11. The summed E-state index contributed by atoms with van der Waals surface area (Å²) in [5.74, 6) is -2.45. The van der Waals surface area contributed by atoms with Gasteiger partial charge in [-0.25, -0.2) is 4.39 Å². The number of benzene rings is 2. The molecule has 124 valence electrons. The van der Waals surface area contributed by atoms with Gasteiger partial charge in [0.05, 0.1) is 0 Å². The van der Waals surface area contributed by atoms with Gasteiger partial charge in [0, 0.05) is 24.8 Å². The van der Waals surface area contributed by atoms with E-state index in [-0.39, 0.29) is 18.1 Å². The highest BCUT2D eigenvalue weighted by atomic mass is 19.1. The summed E-state index contributed by atoms with van der Waals surface area (Å²) >= 11 is 0. The summed E-state index contributed by atoms with van der Waals surface area (Å²) in [6.07, 6.45) is 0. The first-order valence-electron chi connectivity index (χ1n) is 7.15. The molecule has 6 nitrogen and oxygen atoms in total. The van der Waals surface area contributed by atoms with Gasteiger partial charge in [0.2, 0.25) is 5.91 Å². The van der Waals surface area contributed by atoms with Gasteiger partial charge in [0.1, 0.15) is 5.82 Å². The Balaban J connectivity index is 1.90. The second-order valence-electron chi connectivity index (χ2n) is 5.03. The van der Waals surface area contributed by atoms with E-state index in [2.05, 4.69) is 16.0 Å². The third kappa shape index (κ3) is 5.20. The fraction of sp³-hybridized carbons (Fsp3) is 0.118. The standard InChI is InChI=1S/C17H16FN3O3/c1-11(22)20-14-6-2-4-12(8-14)10-19-16(23)17(24)21-15-7-3-5-13(18)9-15/h2-9H,10H2,1H3,(H,19,23)(H,20,22)(H,21,24). The van der Waals surface area contributed by atoms with Crippen LogP contribution in [0.3, 0.4) is 0 Å². The molecular weight excluding hydrogens is 313 g/mol. The first-order chi connectivity index (χ1) is 11.4. The topological polar surface area (TPSA) is 87.3 Å². The van der Waals surface area contributed by atoms with Crippen LogP contribution in [0.15, 0.2) is 48.5 Å². The molecule has 7 heteroatoms. The molecule has 24 heavy (non-hydrogen) atoms. The summed E-state index contributed by atoms with van der Waals surface area (Å²) in [7, 11) is 0. The summed E-state index contributed by atoms with van der Waals surface area (Å²) < 4.78 is 13.0. The lowest BCUT2D eigenvalue weighted by atomic mass is 10.2. The van der Waals surface area contributed by atoms with Gasteiger partial charge in [0.25, 0.3) is 0 Å². The van der Waals surface area contributed by atoms with Crippen molar-refractivity contribution in [2.24, 2.45) is 0 Å². The van der Waals surface area contributed by atoms with Gasteiger partial charge in [0.15, 0.2) is 0 Å². The number of halogens is 1. The Bertz CT molecular complexity index is 777. The van der Waals surface area contributed by atoms with Crippen molar-refractivity contribution in [2.75, 3.05) is 10.6 Å². The lowest BCUT2D eigenvalue weighted by Crippen LogP contribution is -2.35. The Labute approximate surface area is 138 Å².